The smallest absolute Gasteiger partial charge is 0.225 e. The van der Waals surface area contributed by atoms with Crippen LogP contribution in [0.25, 0.3) is 0 Å². The number of hydrogen-bond acceptors (Lipinski definition) is 4. The van der Waals surface area contributed by atoms with E-state index in [0.717, 1.165) is 76.8 Å². The first kappa shape index (κ1) is 20.3. The van der Waals surface area contributed by atoms with Gasteiger partial charge in [-0.25, -0.2) is 0 Å². The van der Waals surface area contributed by atoms with Crippen LogP contribution in [0.15, 0.2) is 18.3 Å². The fourth-order valence-corrected chi connectivity index (χ4v) is 4.82. The van der Waals surface area contributed by atoms with E-state index in [-0.39, 0.29) is 11.8 Å². The number of aromatic nitrogens is 1. The fraction of sp³-hybridized carbons (Fsp3) is 0.696. The molecule has 2 saturated heterocycles. The number of nitrogens with zero attached hydrogens (tertiary/aromatic N) is 3. The molecule has 1 atom stereocenters. The molecule has 0 aromatic carbocycles. The standard InChI is InChI=1S/C23H34N4O2/c1-17-4-2-11-24-21(17)8-12-25-22(28)19-5-3-13-27(16-19)20-9-14-26(15-10-20)23(29)18-6-7-18/h2,4,11,18-20H,3,5-10,12-16H2,1H3,(H,25,28)/t19-/m1/s1. The van der Waals surface area contributed by atoms with Crippen molar-refractivity contribution in [1.29, 1.82) is 0 Å². The van der Waals surface area contributed by atoms with Crippen LogP contribution in [0.2, 0.25) is 0 Å². The van der Waals surface area contributed by atoms with Gasteiger partial charge in [0, 0.05) is 56.5 Å². The first-order valence-electron chi connectivity index (χ1n) is 11.3. The summed E-state index contributed by atoms with van der Waals surface area (Å²) in [5.74, 6) is 0.969. The van der Waals surface area contributed by atoms with Crippen molar-refractivity contribution in [1.82, 2.24) is 20.1 Å². The Morgan fingerprint density at radius 3 is 2.62 bits per heavy atom. The van der Waals surface area contributed by atoms with E-state index in [4.69, 9.17) is 0 Å². The number of amides is 2. The van der Waals surface area contributed by atoms with E-state index in [1.165, 1.54) is 5.56 Å². The van der Waals surface area contributed by atoms with Crippen molar-refractivity contribution in [2.24, 2.45) is 11.8 Å². The summed E-state index contributed by atoms with van der Waals surface area (Å²) in [5.41, 5.74) is 2.24. The zero-order valence-corrected chi connectivity index (χ0v) is 17.6. The van der Waals surface area contributed by atoms with E-state index in [0.29, 0.717) is 24.4 Å². The van der Waals surface area contributed by atoms with Crippen LogP contribution in [0, 0.1) is 18.8 Å². The number of hydrogen-bond donors (Lipinski definition) is 1. The molecule has 3 fully saturated rings. The first-order valence-corrected chi connectivity index (χ1v) is 11.3. The second-order valence-corrected chi connectivity index (χ2v) is 8.97. The molecule has 3 aliphatic rings. The van der Waals surface area contributed by atoms with Crippen LogP contribution in [0.3, 0.4) is 0 Å². The highest BCUT2D eigenvalue weighted by Crippen LogP contribution is 2.32. The maximum Gasteiger partial charge on any atom is 0.225 e. The van der Waals surface area contributed by atoms with E-state index in [1.54, 1.807) is 0 Å². The average molecular weight is 399 g/mol. The lowest BCUT2D eigenvalue weighted by Gasteiger charge is -2.42. The van der Waals surface area contributed by atoms with Gasteiger partial charge in [-0.05, 0) is 63.6 Å². The molecule has 2 amide bonds. The van der Waals surface area contributed by atoms with Gasteiger partial charge >= 0.3 is 0 Å². The minimum atomic E-state index is 0.0831. The number of carbonyl (C=O) groups excluding carboxylic acids is 2. The molecule has 6 nitrogen and oxygen atoms in total. The van der Waals surface area contributed by atoms with E-state index in [1.807, 2.05) is 12.3 Å². The van der Waals surface area contributed by atoms with Gasteiger partial charge in [-0.1, -0.05) is 6.07 Å². The molecule has 1 saturated carbocycles. The van der Waals surface area contributed by atoms with Gasteiger partial charge < -0.3 is 10.2 Å². The predicted octanol–water partition coefficient (Wildman–Crippen LogP) is 2.16. The second-order valence-electron chi connectivity index (χ2n) is 8.97. The predicted molar refractivity (Wildman–Crippen MR) is 112 cm³/mol. The highest BCUT2D eigenvalue weighted by molar-refractivity contribution is 5.81. The summed E-state index contributed by atoms with van der Waals surface area (Å²) in [6, 6.07) is 4.53. The molecule has 4 rings (SSSR count). The maximum atomic E-state index is 12.7. The molecular formula is C23H34N4O2. The summed E-state index contributed by atoms with van der Waals surface area (Å²) < 4.78 is 0. The van der Waals surface area contributed by atoms with Crippen LogP contribution in [0.4, 0.5) is 0 Å². The Morgan fingerprint density at radius 2 is 1.90 bits per heavy atom. The third kappa shape index (κ3) is 5.16. The lowest BCUT2D eigenvalue weighted by Crippen LogP contribution is -2.51. The van der Waals surface area contributed by atoms with Crippen molar-refractivity contribution in [2.45, 2.75) is 57.9 Å². The van der Waals surface area contributed by atoms with Crippen LogP contribution in [-0.4, -0.2) is 65.4 Å². The Hall–Kier alpha value is -1.95. The van der Waals surface area contributed by atoms with Crippen LogP contribution >= 0.6 is 0 Å². The first-order chi connectivity index (χ1) is 14.1. The van der Waals surface area contributed by atoms with Gasteiger partial charge in [-0.2, -0.15) is 0 Å². The molecule has 1 aromatic heterocycles. The Bertz CT molecular complexity index is 725. The minimum absolute atomic E-state index is 0.0831. The Kier molecular flexibility index (Phi) is 6.48. The Balaban J connectivity index is 1.21. The average Bonchev–Trinajstić information content (AvgIpc) is 3.60. The summed E-state index contributed by atoms with van der Waals surface area (Å²) in [6.45, 7) is 6.42. The molecular weight excluding hydrogens is 364 g/mol. The van der Waals surface area contributed by atoms with E-state index in [2.05, 4.69) is 33.1 Å². The molecule has 29 heavy (non-hydrogen) atoms. The molecule has 1 N–H and O–H groups in total. The highest BCUT2D eigenvalue weighted by Gasteiger charge is 2.37. The highest BCUT2D eigenvalue weighted by atomic mass is 16.2. The molecule has 3 heterocycles. The molecule has 1 aromatic rings. The van der Waals surface area contributed by atoms with E-state index >= 15 is 0 Å². The van der Waals surface area contributed by atoms with Crippen LogP contribution < -0.4 is 5.32 Å². The molecule has 0 radical (unpaired) electrons. The summed E-state index contributed by atoms with van der Waals surface area (Å²) >= 11 is 0. The van der Waals surface area contributed by atoms with Crippen LogP contribution in [0.1, 0.15) is 49.8 Å². The number of pyridine rings is 1. The Morgan fingerprint density at radius 1 is 1.10 bits per heavy atom. The summed E-state index contributed by atoms with van der Waals surface area (Å²) in [6.07, 6.45) is 8.91. The van der Waals surface area contributed by atoms with E-state index < -0.39 is 0 Å². The van der Waals surface area contributed by atoms with Crippen molar-refractivity contribution in [3.63, 3.8) is 0 Å². The van der Waals surface area contributed by atoms with Crippen molar-refractivity contribution in [3.8, 4) is 0 Å². The van der Waals surface area contributed by atoms with Crippen LogP contribution in [-0.2, 0) is 16.0 Å². The largest absolute Gasteiger partial charge is 0.355 e. The monoisotopic (exact) mass is 398 g/mol. The second kappa shape index (κ2) is 9.24. The van der Waals surface area contributed by atoms with Gasteiger partial charge in [0.1, 0.15) is 0 Å². The van der Waals surface area contributed by atoms with E-state index in [9.17, 15) is 9.59 Å². The van der Waals surface area contributed by atoms with Gasteiger partial charge in [0.25, 0.3) is 0 Å². The number of aryl methyl sites for hydroxylation is 1. The van der Waals surface area contributed by atoms with Gasteiger partial charge in [0.15, 0.2) is 0 Å². The molecule has 2 aliphatic heterocycles. The van der Waals surface area contributed by atoms with Crippen molar-refractivity contribution >= 4 is 11.8 Å². The summed E-state index contributed by atoms with van der Waals surface area (Å²) in [4.78, 5) is 34.0. The number of likely N-dealkylation sites (tertiary alicyclic amines) is 2. The van der Waals surface area contributed by atoms with Crippen molar-refractivity contribution < 1.29 is 9.59 Å². The van der Waals surface area contributed by atoms with Gasteiger partial charge in [-0.15, -0.1) is 0 Å². The lowest BCUT2D eigenvalue weighted by atomic mass is 9.93. The van der Waals surface area contributed by atoms with Gasteiger partial charge in [-0.3, -0.25) is 19.5 Å². The maximum absolute atomic E-state index is 12.7. The van der Waals surface area contributed by atoms with Crippen molar-refractivity contribution in [3.05, 3.63) is 29.6 Å². The number of piperidine rings is 2. The zero-order chi connectivity index (χ0) is 20.2. The molecule has 1 aliphatic carbocycles. The van der Waals surface area contributed by atoms with Gasteiger partial charge in [0.2, 0.25) is 11.8 Å². The molecule has 6 heteroatoms. The quantitative estimate of drug-likeness (QED) is 0.798. The number of nitrogens with one attached hydrogen (secondary N) is 1. The van der Waals surface area contributed by atoms with Crippen LogP contribution in [0.5, 0.6) is 0 Å². The molecule has 158 valence electrons. The minimum Gasteiger partial charge on any atom is -0.355 e. The lowest BCUT2D eigenvalue weighted by molar-refractivity contribution is -0.134. The molecule has 0 unspecified atom stereocenters. The molecule has 0 spiro atoms. The number of carbonyl (C=O) groups is 2. The topological polar surface area (TPSA) is 65.5 Å². The Labute approximate surface area is 174 Å². The summed E-state index contributed by atoms with van der Waals surface area (Å²) in [5, 5.41) is 3.13. The van der Waals surface area contributed by atoms with Gasteiger partial charge in [0.05, 0.1) is 5.92 Å². The normalized spacial score (nSPS) is 23.8. The third-order valence-corrected chi connectivity index (χ3v) is 6.82. The number of rotatable bonds is 6. The zero-order valence-electron chi connectivity index (χ0n) is 17.6. The third-order valence-electron chi connectivity index (χ3n) is 6.82. The van der Waals surface area contributed by atoms with Crippen molar-refractivity contribution in [2.75, 3.05) is 32.7 Å². The molecule has 0 bridgehead atoms. The SMILES string of the molecule is Cc1cccnc1CCNC(=O)[C@@H]1CCCN(C2CCN(C(=O)C3CC3)CC2)C1. The summed E-state index contributed by atoms with van der Waals surface area (Å²) in [7, 11) is 0. The fourth-order valence-electron chi connectivity index (χ4n) is 4.82.